The second-order valence-corrected chi connectivity index (χ2v) is 8.08. The van der Waals surface area contributed by atoms with Crippen molar-refractivity contribution in [3.05, 3.63) is 29.3 Å². The molecule has 1 amide bonds. The quantitative estimate of drug-likeness (QED) is 0.849. The normalized spacial score (nSPS) is 21.9. The van der Waals surface area contributed by atoms with Crippen LogP contribution in [-0.4, -0.2) is 49.1 Å². The zero-order valence-electron chi connectivity index (χ0n) is 16.9. The van der Waals surface area contributed by atoms with Gasteiger partial charge in [0.1, 0.15) is 0 Å². The van der Waals surface area contributed by atoms with Gasteiger partial charge in [-0.25, -0.2) is 0 Å². The van der Waals surface area contributed by atoms with Gasteiger partial charge in [-0.3, -0.25) is 9.69 Å². The number of fused-ring (bicyclic) bond motifs is 1. The van der Waals surface area contributed by atoms with E-state index in [-0.39, 0.29) is 12.0 Å². The Bertz CT molecular complexity index is 620. The fourth-order valence-electron chi connectivity index (χ4n) is 4.57. The smallest absolute Gasteiger partial charge is 0.230 e. The molecule has 0 aromatic heterocycles. The molecule has 1 fully saturated rings. The number of rotatable bonds is 6. The minimum absolute atomic E-state index is 0.149. The molecule has 0 aliphatic carbocycles. The van der Waals surface area contributed by atoms with Crippen LogP contribution in [0.3, 0.4) is 0 Å². The van der Waals surface area contributed by atoms with Gasteiger partial charge in [-0.2, -0.15) is 0 Å². The van der Waals surface area contributed by atoms with Crippen molar-refractivity contribution in [1.29, 1.82) is 0 Å². The van der Waals surface area contributed by atoms with Crippen LogP contribution in [0.15, 0.2) is 18.2 Å². The van der Waals surface area contributed by atoms with Crippen molar-refractivity contribution in [3.63, 3.8) is 0 Å². The Balaban J connectivity index is 1.73. The van der Waals surface area contributed by atoms with Gasteiger partial charge < -0.3 is 10.2 Å². The second kappa shape index (κ2) is 8.53. The van der Waals surface area contributed by atoms with Gasteiger partial charge in [0.2, 0.25) is 5.91 Å². The largest absolute Gasteiger partial charge is 0.314 e. The Kier molecular flexibility index (Phi) is 6.36. The number of benzene rings is 1. The molecule has 2 heterocycles. The van der Waals surface area contributed by atoms with Crippen LogP contribution in [0.5, 0.6) is 0 Å². The predicted molar refractivity (Wildman–Crippen MR) is 109 cm³/mol. The first-order chi connectivity index (χ1) is 12.5. The van der Waals surface area contributed by atoms with Gasteiger partial charge in [0, 0.05) is 49.9 Å². The lowest BCUT2D eigenvalue weighted by molar-refractivity contribution is -0.122. The van der Waals surface area contributed by atoms with Crippen LogP contribution in [0.4, 0.5) is 5.69 Å². The van der Waals surface area contributed by atoms with Gasteiger partial charge >= 0.3 is 0 Å². The third kappa shape index (κ3) is 3.96. The maximum atomic E-state index is 13.0. The Morgan fingerprint density at radius 1 is 1.23 bits per heavy atom. The summed E-state index contributed by atoms with van der Waals surface area (Å²) in [4.78, 5) is 17.6. The Labute approximate surface area is 158 Å². The summed E-state index contributed by atoms with van der Waals surface area (Å²) in [6.45, 7) is 13.2. The molecule has 1 aromatic carbocycles. The van der Waals surface area contributed by atoms with Crippen LogP contribution in [0, 0.1) is 5.92 Å². The van der Waals surface area contributed by atoms with Gasteiger partial charge in [-0.1, -0.05) is 26.0 Å². The first kappa shape index (κ1) is 19.4. The maximum Gasteiger partial charge on any atom is 0.230 e. The number of carbonyl (C=O) groups excluding carboxylic acids is 1. The van der Waals surface area contributed by atoms with E-state index >= 15 is 0 Å². The van der Waals surface area contributed by atoms with Crippen molar-refractivity contribution < 1.29 is 4.79 Å². The number of nitrogens with zero attached hydrogens (tertiary/aromatic N) is 2. The minimum Gasteiger partial charge on any atom is -0.314 e. The van der Waals surface area contributed by atoms with E-state index in [0.29, 0.717) is 11.9 Å². The summed E-state index contributed by atoms with van der Waals surface area (Å²) in [7, 11) is 0. The molecule has 1 N–H and O–H groups in total. The van der Waals surface area contributed by atoms with E-state index in [1.54, 1.807) is 0 Å². The molecule has 4 heteroatoms. The maximum absolute atomic E-state index is 13.0. The van der Waals surface area contributed by atoms with Gasteiger partial charge in [-0.15, -0.1) is 0 Å². The molecule has 0 saturated carbocycles. The number of hydrogen-bond acceptors (Lipinski definition) is 3. The van der Waals surface area contributed by atoms with Crippen molar-refractivity contribution in [2.75, 3.05) is 31.1 Å². The molecule has 1 saturated heterocycles. The van der Waals surface area contributed by atoms with Gasteiger partial charge in [0.05, 0.1) is 0 Å². The summed E-state index contributed by atoms with van der Waals surface area (Å²) < 4.78 is 0. The molecule has 26 heavy (non-hydrogen) atoms. The van der Waals surface area contributed by atoms with E-state index in [1.807, 2.05) is 0 Å². The topological polar surface area (TPSA) is 35.6 Å². The fourth-order valence-corrected chi connectivity index (χ4v) is 4.57. The van der Waals surface area contributed by atoms with E-state index in [0.717, 1.165) is 57.5 Å². The summed E-state index contributed by atoms with van der Waals surface area (Å²) in [5, 5.41) is 3.43. The first-order valence-electron chi connectivity index (χ1n) is 10.4. The van der Waals surface area contributed by atoms with Crippen molar-refractivity contribution in [3.8, 4) is 0 Å². The molecule has 3 rings (SSSR count). The summed E-state index contributed by atoms with van der Waals surface area (Å²) in [5.41, 5.74) is 3.90. The number of carbonyl (C=O) groups is 1. The van der Waals surface area contributed by atoms with Crippen molar-refractivity contribution in [1.82, 2.24) is 10.2 Å². The van der Waals surface area contributed by atoms with Gasteiger partial charge in [0.15, 0.2) is 0 Å². The van der Waals surface area contributed by atoms with Crippen molar-refractivity contribution >= 4 is 11.6 Å². The molecule has 0 radical (unpaired) electrons. The molecule has 2 aliphatic heterocycles. The lowest BCUT2D eigenvalue weighted by atomic mass is 10.0. The standard InChI is InChI=1S/C22H35N3O/c1-5-19(6-2)22(26)25-17(4)14-20-15-18(7-8-21(20)25)13-16(3)24-11-9-23-10-12-24/h7-8,15-17,19,23H,5-6,9-14H2,1-4H3. The molecule has 2 atom stereocenters. The minimum atomic E-state index is 0.149. The second-order valence-electron chi connectivity index (χ2n) is 8.08. The average Bonchev–Trinajstić information content (AvgIpc) is 2.98. The van der Waals surface area contributed by atoms with Crippen LogP contribution in [0.2, 0.25) is 0 Å². The zero-order valence-corrected chi connectivity index (χ0v) is 16.9. The number of hydrogen-bond donors (Lipinski definition) is 1. The average molecular weight is 358 g/mol. The number of piperazine rings is 1. The van der Waals surface area contributed by atoms with Crippen molar-refractivity contribution in [2.24, 2.45) is 5.92 Å². The van der Waals surface area contributed by atoms with Crippen LogP contribution in [-0.2, 0) is 17.6 Å². The molecule has 2 unspecified atom stereocenters. The Morgan fingerprint density at radius 2 is 1.92 bits per heavy atom. The number of anilines is 1. The molecule has 1 aromatic rings. The molecule has 4 nitrogen and oxygen atoms in total. The van der Waals surface area contributed by atoms with Crippen LogP contribution in [0.25, 0.3) is 0 Å². The van der Waals surface area contributed by atoms with E-state index in [2.05, 4.69) is 61.0 Å². The highest BCUT2D eigenvalue weighted by Gasteiger charge is 2.33. The van der Waals surface area contributed by atoms with E-state index in [4.69, 9.17) is 0 Å². The predicted octanol–water partition coefficient (Wildman–Crippen LogP) is 3.24. The van der Waals surface area contributed by atoms with Crippen LogP contribution < -0.4 is 10.2 Å². The molecule has 0 spiro atoms. The van der Waals surface area contributed by atoms with E-state index < -0.39 is 0 Å². The monoisotopic (exact) mass is 357 g/mol. The van der Waals surface area contributed by atoms with Crippen LogP contribution in [0.1, 0.15) is 51.7 Å². The Morgan fingerprint density at radius 3 is 2.58 bits per heavy atom. The zero-order chi connectivity index (χ0) is 18.7. The summed E-state index contributed by atoms with van der Waals surface area (Å²) in [6.07, 6.45) is 3.92. The summed E-state index contributed by atoms with van der Waals surface area (Å²) >= 11 is 0. The van der Waals surface area contributed by atoms with Crippen LogP contribution >= 0.6 is 0 Å². The molecule has 144 valence electrons. The molecule has 2 aliphatic rings. The lowest BCUT2D eigenvalue weighted by Gasteiger charge is -2.33. The van der Waals surface area contributed by atoms with E-state index in [1.165, 1.54) is 11.1 Å². The highest BCUT2D eigenvalue weighted by molar-refractivity contribution is 5.97. The molecular weight excluding hydrogens is 322 g/mol. The summed E-state index contributed by atoms with van der Waals surface area (Å²) in [6, 6.07) is 7.63. The number of amides is 1. The highest BCUT2D eigenvalue weighted by atomic mass is 16.2. The number of nitrogens with one attached hydrogen (secondary N) is 1. The van der Waals surface area contributed by atoms with Gasteiger partial charge in [0.25, 0.3) is 0 Å². The van der Waals surface area contributed by atoms with Gasteiger partial charge in [-0.05, 0) is 56.7 Å². The van der Waals surface area contributed by atoms with E-state index in [9.17, 15) is 4.79 Å². The third-order valence-electron chi connectivity index (χ3n) is 6.24. The fraction of sp³-hybridized carbons (Fsp3) is 0.682. The third-order valence-corrected chi connectivity index (χ3v) is 6.24. The highest BCUT2D eigenvalue weighted by Crippen LogP contribution is 2.35. The SMILES string of the molecule is CCC(CC)C(=O)N1c2ccc(CC(C)N3CCNCC3)cc2CC1C. The van der Waals surface area contributed by atoms with Crippen molar-refractivity contribution in [2.45, 2.75) is 65.5 Å². The first-order valence-corrected chi connectivity index (χ1v) is 10.4. The lowest BCUT2D eigenvalue weighted by Crippen LogP contribution is -2.48. The molecule has 0 bridgehead atoms. The molecular formula is C22H35N3O. The summed E-state index contributed by atoms with van der Waals surface area (Å²) in [5.74, 6) is 0.457. The Hall–Kier alpha value is -1.39.